The van der Waals surface area contributed by atoms with E-state index in [1.54, 1.807) is 0 Å². The van der Waals surface area contributed by atoms with Crippen molar-refractivity contribution in [1.82, 2.24) is 15.0 Å². The van der Waals surface area contributed by atoms with Gasteiger partial charge in [-0.3, -0.25) is 4.90 Å². The predicted octanol–water partition coefficient (Wildman–Crippen LogP) is 13.2. The molecule has 11 rings (SSSR count). The molecule has 0 spiro atoms. The number of aromatic nitrogens is 3. The molecule has 56 heavy (non-hydrogen) atoms. The number of rotatable bonds is 5. The van der Waals surface area contributed by atoms with Gasteiger partial charge in [0.15, 0.2) is 11.6 Å². The van der Waals surface area contributed by atoms with Gasteiger partial charge >= 0.3 is 0 Å². The molecular weight excluding hydrogens is 685 g/mol. The molecule has 7 aromatic carbocycles. The molecular formula is C51H38N4O. The van der Waals surface area contributed by atoms with Crippen molar-refractivity contribution in [2.24, 2.45) is 0 Å². The summed E-state index contributed by atoms with van der Waals surface area (Å²) in [6, 6.07) is 55.6. The van der Waals surface area contributed by atoms with Crippen LogP contribution in [0.15, 0.2) is 162 Å². The molecule has 0 unspecified atom stereocenters. The first kappa shape index (κ1) is 32.6. The lowest BCUT2D eigenvalue weighted by atomic mass is 9.80. The second-order valence-electron chi connectivity index (χ2n) is 16.0. The van der Waals surface area contributed by atoms with Gasteiger partial charge in [-0.15, -0.1) is 0 Å². The number of hydrogen-bond acceptors (Lipinski definition) is 5. The maximum absolute atomic E-state index is 6.41. The minimum atomic E-state index is -0.265. The van der Waals surface area contributed by atoms with Crippen molar-refractivity contribution in [2.75, 3.05) is 4.90 Å². The highest BCUT2D eigenvalue weighted by atomic mass is 16.3. The lowest BCUT2D eigenvalue weighted by molar-refractivity contribution is 0.660. The fourth-order valence-electron chi connectivity index (χ4n) is 9.49. The quantitative estimate of drug-likeness (QED) is 0.177. The Bertz CT molecular complexity index is 3050. The van der Waals surface area contributed by atoms with Crippen LogP contribution in [0.3, 0.4) is 0 Å². The molecule has 0 N–H and O–H groups in total. The Morgan fingerprint density at radius 1 is 0.464 bits per heavy atom. The van der Waals surface area contributed by atoms with E-state index in [1.807, 2.05) is 30.3 Å². The van der Waals surface area contributed by atoms with Gasteiger partial charge in [-0.1, -0.05) is 149 Å². The summed E-state index contributed by atoms with van der Waals surface area (Å²) in [6.07, 6.45) is 0. The van der Waals surface area contributed by atoms with Crippen molar-refractivity contribution in [2.45, 2.75) is 38.5 Å². The molecule has 0 radical (unpaired) electrons. The van der Waals surface area contributed by atoms with Gasteiger partial charge in [0.25, 0.3) is 0 Å². The summed E-state index contributed by atoms with van der Waals surface area (Å²) in [4.78, 5) is 18.4. The van der Waals surface area contributed by atoms with Gasteiger partial charge in [-0.2, -0.15) is 9.97 Å². The zero-order valence-electron chi connectivity index (χ0n) is 31.7. The van der Waals surface area contributed by atoms with Gasteiger partial charge in [0.1, 0.15) is 11.2 Å². The highest BCUT2D eigenvalue weighted by Crippen LogP contribution is 2.53. The monoisotopic (exact) mass is 722 g/mol. The van der Waals surface area contributed by atoms with Crippen LogP contribution in [0.2, 0.25) is 0 Å². The SMILES string of the molecule is CC1(C)c2ccccc2-c2cc(-c3nc(-c4cccc5c4C(C)(C)c4ccccc4-5)nc(N(c4ccccc4)c4cccc5oc6ccccc6c45)n3)ccc21. The number of anilines is 3. The summed E-state index contributed by atoms with van der Waals surface area (Å²) in [6.45, 7) is 9.24. The lowest BCUT2D eigenvalue weighted by Gasteiger charge is -2.26. The summed E-state index contributed by atoms with van der Waals surface area (Å²) < 4.78 is 6.41. The number of benzene rings is 7. The van der Waals surface area contributed by atoms with E-state index in [1.165, 1.54) is 44.5 Å². The molecule has 0 atom stereocenters. The highest BCUT2D eigenvalue weighted by Gasteiger charge is 2.39. The van der Waals surface area contributed by atoms with Crippen LogP contribution >= 0.6 is 0 Å². The largest absolute Gasteiger partial charge is 0.456 e. The van der Waals surface area contributed by atoms with E-state index in [-0.39, 0.29) is 10.8 Å². The third kappa shape index (κ3) is 4.64. The molecule has 5 heteroatoms. The molecule has 0 aliphatic heterocycles. The van der Waals surface area contributed by atoms with E-state index in [9.17, 15) is 0 Å². The Morgan fingerprint density at radius 2 is 1.07 bits per heavy atom. The zero-order valence-corrected chi connectivity index (χ0v) is 31.7. The van der Waals surface area contributed by atoms with E-state index >= 15 is 0 Å². The molecule has 9 aromatic rings. The Kier molecular flexibility index (Phi) is 6.88. The minimum absolute atomic E-state index is 0.110. The first-order valence-electron chi connectivity index (χ1n) is 19.3. The lowest BCUT2D eigenvalue weighted by Crippen LogP contribution is -2.18. The first-order chi connectivity index (χ1) is 27.3. The topological polar surface area (TPSA) is 55.1 Å². The smallest absolute Gasteiger partial charge is 0.238 e. The molecule has 0 saturated carbocycles. The summed E-state index contributed by atoms with van der Waals surface area (Å²) in [7, 11) is 0. The van der Waals surface area contributed by atoms with Crippen LogP contribution in [0.25, 0.3) is 67.0 Å². The van der Waals surface area contributed by atoms with Gasteiger partial charge in [-0.25, -0.2) is 4.98 Å². The predicted molar refractivity (Wildman–Crippen MR) is 228 cm³/mol. The van der Waals surface area contributed by atoms with E-state index in [4.69, 9.17) is 19.4 Å². The van der Waals surface area contributed by atoms with Crippen LogP contribution in [-0.4, -0.2) is 15.0 Å². The Labute approximate surface area is 326 Å². The van der Waals surface area contributed by atoms with Crippen LogP contribution in [-0.2, 0) is 10.8 Å². The molecule has 0 bridgehead atoms. The number of hydrogen-bond donors (Lipinski definition) is 0. The Hall–Kier alpha value is -6.85. The second kappa shape index (κ2) is 11.8. The average molecular weight is 723 g/mol. The molecule has 0 saturated heterocycles. The van der Waals surface area contributed by atoms with Gasteiger partial charge in [0.2, 0.25) is 5.95 Å². The molecule has 0 fully saturated rings. The first-order valence-corrected chi connectivity index (χ1v) is 19.3. The molecule has 0 amide bonds. The van der Waals surface area contributed by atoms with Crippen molar-refractivity contribution in [1.29, 1.82) is 0 Å². The Balaban J connectivity index is 1.20. The highest BCUT2D eigenvalue weighted by molar-refractivity contribution is 6.13. The fraction of sp³-hybridized carbons (Fsp3) is 0.118. The normalized spacial score (nSPS) is 14.4. The maximum atomic E-state index is 6.41. The van der Waals surface area contributed by atoms with Crippen molar-refractivity contribution in [3.63, 3.8) is 0 Å². The van der Waals surface area contributed by atoms with E-state index < -0.39 is 0 Å². The zero-order chi connectivity index (χ0) is 37.8. The third-order valence-corrected chi connectivity index (χ3v) is 12.1. The van der Waals surface area contributed by atoms with Crippen molar-refractivity contribution < 1.29 is 4.42 Å². The van der Waals surface area contributed by atoms with Crippen LogP contribution in [0.4, 0.5) is 17.3 Å². The number of para-hydroxylation sites is 2. The number of fused-ring (bicyclic) bond motifs is 9. The molecule has 2 aromatic heterocycles. The van der Waals surface area contributed by atoms with Crippen molar-refractivity contribution in [3.8, 4) is 45.0 Å². The van der Waals surface area contributed by atoms with Gasteiger partial charge in [-0.05, 0) is 80.9 Å². The fourth-order valence-corrected chi connectivity index (χ4v) is 9.49. The van der Waals surface area contributed by atoms with Gasteiger partial charge in [0.05, 0.1) is 11.1 Å². The van der Waals surface area contributed by atoms with E-state index in [0.29, 0.717) is 17.6 Å². The summed E-state index contributed by atoms with van der Waals surface area (Å²) in [5.41, 5.74) is 15.2. The van der Waals surface area contributed by atoms with Crippen LogP contribution in [0.1, 0.15) is 49.9 Å². The molecule has 2 heterocycles. The molecule has 5 nitrogen and oxygen atoms in total. The summed E-state index contributed by atoms with van der Waals surface area (Å²) in [5, 5.41) is 2.04. The van der Waals surface area contributed by atoms with Crippen LogP contribution in [0.5, 0.6) is 0 Å². The van der Waals surface area contributed by atoms with Crippen molar-refractivity contribution >= 4 is 39.3 Å². The van der Waals surface area contributed by atoms with E-state index in [0.717, 1.165) is 44.4 Å². The van der Waals surface area contributed by atoms with Gasteiger partial charge < -0.3 is 4.42 Å². The molecule has 268 valence electrons. The standard InChI is InChI=1S/C51H38N4O/c1-50(2)39-23-11-9-19-34(39)38-30-31(28-29-41(38)50)47-52-48(37-22-14-21-35-33-18-8-12-24-40(33)51(3,4)46(35)37)54-49(53-47)55(32-16-6-5-7-17-32)42-25-15-27-44-45(42)36-20-10-13-26-43(36)56-44/h5-30H,1-4H3. The van der Waals surface area contributed by atoms with Crippen LogP contribution < -0.4 is 4.90 Å². The second-order valence-corrected chi connectivity index (χ2v) is 16.0. The summed E-state index contributed by atoms with van der Waals surface area (Å²) in [5.74, 6) is 1.78. The Morgan fingerprint density at radius 3 is 1.89 bits per heavy atom. The molecule has 2 aliphatic carbocycles. The van der Waals surface area contributed by atoms with Crippen molar-refractivity contribution in [3.05, 3.63) is 180 Å². The average Bonchev–Trinajstić information content (AvgIpc) is 3.81. The minimum Gasteiger partial charge on any atom is -0.456 e. The van der Waals surface area contributed by atoms with Gasteiger partial charge in [0, 0.05) is 33.0 Å². The third-order valence-electron chi connectivity index (χ3n) is 12.1. The number of furan rings is 1. The van der Waals surface area contributed by atoms with Crippen LogP contribution in [0, 0.1) is 0 Å². The number of nitrogens with zero attached hydrogens (tertiary/aromatic N) is 4. The summed E-state index contributed by atoms with van der Waals surface area (Å²) >= 11 is 0. The maximum Gasteiger partial charge on any atom is 0.238 e. The van der Waals surface area contributed by atoms with E-state index in [2.05, 4.69) is 160 Å². The molecule has 2 aliphatic rings.